The standard InChI is InChI=1S/C16H25NO3/c1-12(11-20-3)17(9-10-19-2)15-8-7-14-13(15)5-4-6-16(14)18/h4-6,12,15,18H,7-11H2,1-3H3. The predicted octanol–water partition coefficient (Wildman–Crippen LogP) is 2.36. The van der Waals surface area contributed by atoms with Gasteiger partial charge in [-0.1, -0.05) is 12.1 Å². The maximum Gasteiger partial charge on any atom is 0.119 e. The first kappa shape index (κ1) is 15.3. The van der Waals surface area contributed by atoms with Gasteiger partial charge in [0.15, 0.2) is 0 Å². The van der Waals surface area contributed by atoms with Gasteiger partial charge in [-0.2, -0.15) is 0 Å². The summed E-state index contributed by atoms with van der Waals surface area (Å²) >= 11 is 0. The van der Waals surface area contributed by atoms with Crippen molar-refractivity contribution in [3.63, 3.8) is 0 Å². The SMILES string of the molecule is COCCN(C(C)COC)C1CCc2c(O)cccc21. The molecule has 4 nitrogen and oxygen atoms in total. The number of phenolic OH excluding ortho intramolecular Hbond substituents is 1. The Labute approximate surface area is 121 Å². The van der Waals surface area contributed by atoms with Crippen LogP contribution in [0.15, 0.2) is 18.2 Å². The van der Waals surface area contributed by atoms with E-state index in [1.807, 2.05) is 6.07 Å². The molecule has 4 heteroatoms. The lowest BCUT2D eigenvalue weighted by molar-refractivity contribution is 0.0467. The van der Waals surface area contributed by atoms with Crippen LogP contribution in [0.3, 0.4) is 0 Å². The van der Waals surface area contributed by atoms with E-state index in [1.165, 1.54) is 5.56 Å². The van der Waals surface area contributed by atoms with Gasteiger partial charge >= 0.3 is 0 Å². The zero-order valence-corrected chi connectivity index (χ0v) is 12.6. The second-order valence-electron chi connectivity index (χ2n) is 5.43. The number of ether oxygens (including phenoxy) is 2. The molecule has 0 radical (unpaired) electrons. The summed E-state index contributed by atoms with van der Waals surface area (Å²) in [6.45, 7) is 4.47. The van der Waals surface area contributed by atoms with Gasteiger partial charge in [-0.05, 0) is 37.0 Å². The maximum absolute atomic E-state index is 9.98. The lowest BCUT2D eigenvalue weighted by Gasteiger charge is -2.34. The minimum absolute atomic E-state index is 0.327. The quantitative estimate of drug-likeness (QED) is 0.832. The topological polar surface area (TPSA) is 41.9 Å². The van der Waals surface area contributed by atoms with Crippen molar-refractivity contribution in [1.82, 2.24) is 4.90 Å². The molecule has 112 valence electrons. The normalized spacial score (nSPS) is 19.3. The molecule has 2 rings (SSSR count). The molecular formula is C16H25NO3. The molecule has 0 amide bonds. The Kier molecular flexibility index (Phi) is 5.40. The van der Waals surface area contributed by atoms with Crippen molar-refractivity contribution in [2.24, 2.45) is 0 Å². The summed E-state index contributed by atoms with van der Waals surface area (Å²) in [4.78, 5) is 2.43. The summed E-state index contributed by atoms with van der Waals surface area (Å²) in [7, 11) is 3.47. The van der Waals surface area contributed by atoms with Crippen LogP contribution in [0.1, 0.15) is 30.5 Å². The number of hydrogen-bond acceptors (Lipinski definition) is 4. The highest BCUT2D eigenvalue weighted by molar-refractivity contribution is 5.44. The van der Waals surface area contributed by atoms with Gasteiger partial charge in [-0.3, -0.25) is 4.90 Å². The van der Waals surface area contributed by atoms with Crippen molar-refractivity contribution in [2.75, 3.05) is 34.0 Å². The summed E-state index contributed by atoms with van der Waals surface area (Å²) in [5.41, 5.74) is 2.36. The van der Waals surface area contributed by atoms with E-state index in [9.17, 15) is 5.11 Å². The van der Waals surface area contributed by atoms with Gasteiger partial charge in [-0.15, -0.1) is 0 Å². The highest BCUT2D eigenvalue weighted by atomic mass is 16.5. The fraction of sp³-hybridized carbons (Fsp3) is 0.625. The van der Waals surface area contributed by atoms with Gasteiger partial charge in [0, 0.05) is 32.8 Å². The molecule has 20 heavy (non-hydrogen) atoms. The average molecular weight is 279 g/mol. The van der Waals surface area contributed by atoms with Crippen molar-refractivity contribution in [1.29, 1.82) is 0 Å². The van der Waals surface area contributed by atoms with Gasteiger partial charge in [0.2, 0.25) is 0 Å². The van der Waals surface area contributed by atoms with Crippen molar-refractivity contribution < 1.29 is 14.6 Å². The molecule has 1 aromatic rings. The molecule has 2 unspecified atom stereocenters. The van der Waals surface area contributed by atoms with Crippen molar-refractivity contribution in [3.05, 3.63) is 29.3 Å². The number of methoxy groups -OCH3 is 2. The minimum atomic E-state index is 0.327. The zero-order chi connectivity index (χ0) is 14.5. The summed E-state index contributed by atoms with van der Waals surface area (Å²) in [6.07, 6.45) is 1.99. The smallest absolute Gasteiger partial charge is 0.119 e. The third-order valence-corrected chi connectivity index (χ3v) is 4.14. The van der Waals surface area contributed by atoms with E-state index < -0.39 is 0 Å². The first-order chi connectivity index (χ1) is 9.69. The zero-order valence-electron chi connectivity index (χ0n) is 12.6. The molecule has 0 aromatic heterocycles. The van der Waals surface area contributed by atoms with Crippen LogP contribution in [0.2, 0.25) is 0 Å². The van der Waals surface area contributed by atoms with E-state index in [4.69, 9.17) is 9.47 Å². The van der Waals surface area contributed by atoms with E-state index in [1.54, 1.807) is 20.3 Å². The molecule has 0 bridgehead atoms. The van der Waals surface area contributed by atoms with Crippen molar-refractivity contribution in [2.45, 2.75) is 31.8 Å². The number of hydrogen-bond donors (Lipinski definition) is 1. The molecule has 0 heterocycles. The van der Waals surface area contributed by atoms with E-state index in [0.29, 0.717) is 31.0 Å². The molecule has 1 aliphatic rings. The predicted molar refractivity (Wildman–Crippen MR) is 79.1 cm³/mol. The summed E-state index contributed by atoms with van der Waals surface area (Å²) < 4.78 is 10.5. The Bertz CT molecular complexity index is 436. The number of fused-ring (bicyclic) bond motifs is 1. The lowest BCUT2D eigenvalue weighted by Crippen LogP contribution is -2.40. The Balaban J connectivity index is 2.20. The van der Waals surface area contributed by atoms with Crippen LogP contribution < -0.4 is 0 Å². The van der Waals surface area contributed by atoms with Crippen molar-refractivity contribution in [3.8, 4) is 5.75 Å². The molecule has 1 aromatic carbocycles. The molecule has 0 fully saturated rings. The average Bonchev–Trinajstić information content (AvgIpc) is 2.85. The molecule has 1 aliphatic carbocycles. The monoisotopic (exact) mass is 279 g/mol. The van der Waals surface area contributed by atoms with Gasteiger partial charge < -0.3 is 14.6 Å². The van der Waals surface area contributed by atoms with Crippen LogP contribution in [0.5, 0.6) is 5.75 Å². The van der Waals surface area contributed by atoms with Crippen LogP contribution in [-0.4, -0.2) is 50.0 Å². The van der Waals surface area contributed by atoms with Gasteiger partial charge in [0.25, 0.3) is 0 Å². The van der Waals surface area contributed by atoms with Crippen LogP contribution in [0.25, 0.3) is 0 Å². The summed E-state index contributed by atoms with van der Waals surface area (Å²) in [5, 5.41) is 9.98. The number of benzene rings is 1. The summed E-state index contributed by atoms with van der Waals surface area (Å²) in [6, 6.07) is 6.51. The number of aromatic hydroxyl groups is 1. The van der Waals surface area contributed by atoms with Gasteiger partial charge in [0.1, 0.15) is 5.75 Å². The fourth-order valence-electron chi connectivity index (χ4n) is 3.17. The van der Waals surface area contributed by atoms with E-state index in [2.05, 4.69) is 17.9 Å². The van der Waals surface area contributed by atoms with E-state index in [-0.39, 0.29) is 0 Å². The van der Waals surface area contributed by atoms with E-state index in [0.717, 1.165) is 24.9 Å². The first-order valence-electron chi connectivity index (χ1n) is 7.23. The van der Waals surface area contributed by atoms with E-state index >= 15 is 0 Å². The largest absolute Gasteiger partial charge is 0.508 e. The molecule has 1 N–H and O–H groups in total. The second kappa shape index (κ2) is 7.07. The Hall–Kier alpha value is -1.10. The van der Waals surface area contributed by atoms with Gasteiger partial charge in [-0.25, -0.2) is 0 Å². The molecular weight excluding hydrogens is 254 g/mol. The highest BCUT2D eigenvalue weighted by Crippen LogP contribution is 2.40. The maximum atomic E-state index is 9.98. The van der Waals surface area contributed by atoms with Crippen LogP contribution >= 0.6 is 0 Å². The molecule has 0 saturated heterocycles. The van der Waals surface area contributed by atoms with Crippen LogP contribution in [-0.2, 0) is 15.9 Å². The molecule has 0 spiro atoms. The first-order valence-corrected chi connectivity index (χ1v) is 7.23. The third kappa shape index (κ3) is 3.14. The molecule has 0 aliphatic heterocycles. The second-order valence-corrected chi connectivity index (χ2v) is 5.43. The number of nitrogens with zero attached hydrogens (tertiary/aromatic N) is 1. The minimum Gasteiger partial charge on any atom is -0.508 e. The lowest BCUT2D eigenvalue weighted by atomic mass is 10.0. The number of rotatable bonds is 7. The van der Waals surface area contributed by atoms with Gasteiger partial charge in [0.05, 0.1) is 13.2 Å². The summed E-state index contributed by atoms with van der Waals surface area (Å²) in [5.74, 6) is 0.427. The fourth-order valence-corrected chi connectivity index (χ4v) is 3.17. The van der Waals surface area contributed by atoms with Crippen LogP contribution in [0.4, 0.5) is 0 Å². The number of phenols is 1. The Morgan fingerprint density at radius 2 is 2.15 bits per heavy atom. The molecule has 0 saturated carbocycles. The third-order valence-electron chi connectivity index (χ3n) is 4.14. The Morgan fingerprint density at radius 3 is 2.85 bits per heavy atom. The van der Waals surface area contributed by atoms with Crippen molar-refractivity contribution >= 4 is 0 Å². The highest BCUT2D eigenvalue weighted by Gasteiger charge is 2.31. The Morgan fingerprint density at radius 1 is 1.35 bits per heavy atom. The van der Waals surface area contributed by atoms with Crippen LogP contribution in [0, 0.1) is 0 Å². The molecule has 2 atom stereocenters.